The van der Waals surface area contributed by atoms with Gasteiger partial charge >= 0.3 is 0 Å². The molecule has 17 heavy (non-hydrogen) atoms. The Morgan fingerprint density at radius 1 is 1.47 bits per heavy atom. The molecule has 1 heterocycles. The van der Waals surface area contributed by atoms with Gasteiger partial charge in [0.05, 0.1) is 0 Å². The Hall–Kier alpha value is -0.670. The van der Waals surface area contributed by atoms with Crippen LogP contribution in [0, 0.1) is 12.8 Å². The summed E-state index contributed by atoms with van der Waals surface area (Å²) >= 11 is 1.95. The van der Waals surface area contributed by atoms with Gasteiger partial charge in [0, 0.05) is 10.6 Å². The molecule has 1 saturated heterocycles. The molecule has 1 aromatic rings. The molecular formula is C14H22N2S. The van der Waals surface area contributed by atoms with Gasteiger partial charge in [-0.2, -0.15) is 0 Å². The van der Waals surface area contributed by atoms with Crippen molar-refractivity contribution >= 4 is 17.4 Å². The van der Waals surface area contributed by atoms with Crippen molar-refractivity contribution in [2.75, 3.05) is 24.6 Å². The Balaban J connectivity index is 1.75. The summed E-state index contributed by atoms with van der Waals surface area (Å²) in [6.45, 7) is 4.49. The minimum atomic E-state index is 0.881. The van der Waals surface area contributed by atoms with Gasteiger partial charge in [-0.25, -0.2) is 0 Å². The lowest BCUT2D eigenvalue weighted by Gasteiger charge is -2.22. The normalized spacial score (nSPS) is 20.4. The Morgan fingerprint density at radius 2 is 2.35 bits per heavy atom. The zero-order valence-corrected chi connectivity index (χ0v) is 11.4. The van der Waals surface area contributed by atoms with Crippen molar-refractivity contribution in [1.82, 2.24) is 5.32 Å². The maximum Gasteiger partial charge on any atom is 0.0344 e. The van der Waals surface area contributed by atoms with Gasteiger partial charge in [-0.3, -0.25) is 0 Å². The van der Waals surface area contributed by atoms with Crippen LogP contribution in [0.15, 0.2) is 23.1 Å². The van der Waals surface area contributed by atoms with Crippen LogP contribution in [0.5, 0.6) is 0 Å². The summed E-state index contributed by atoms with van der Waals surface area (Å²) in [5.74, 6) is 2.10. The van der Waals surface area contributed by atoms with Crippen LogP contribution in [-0.2, 0) is 0 Å². The molecule has 1 aliphatic rings. The fourth-order valence-corrected chi connectivity index (χ4v) is 3.36. The largest absolute Gasteiger partial charge is 0.399 e. The van der Waals surface area contributed by atoms with Crippen LogP contribution < -0.4 is 11.1 Å². The van der Waals surface area contributed by atoms with E-state index in [1.54, 1.807) is 0 Å². The minimum Gasteiger partial charge on any atom is -0.399 e. The molecular weight excluding hydrogens is 228 g/mol. The molecule has 0 bridgehead atoms. The predicted octanol–water partition coefficient (Wildman–Crippen LogP) is 3.06. The van der Waals surface area contributed by atoms with E-state index in [1.807, 2.05) is 17.8 Å². The Morgan fingerprint density at radius 3 is 3.06 bits per heavy atom. The fraction of sp³-hybridized carbons (Fsp3) is 0.571. The quantitative estimate of drug-likeness (QED) is 0.637. The molecule has 1 aromatic carbocycles. The van der Waals surface area contributed by atoms with Crippen molar-refractivity contribution in [3.8, 4) is 0 Å². The summed E-state index contributed by atoms with van der Waals surface area (Å²) in [5.41, 5.74) is 7.90. The monoisotopic (exact) mass is 250 g/mol. The van der Waals surface area contributed by atoms with Crippen LogP contribution >= 0.6 is 11.8 Å². The molecule has 0 radical (unpaired) electrons. The first-order valence-corrected chi connectivity index (χ1v) is 7.44. The molecule has 0 amide bonds. The second-order valence-corrected chi connectivity index (χ2v) is 6.04. The standard InChI is InChI=1S/C14H22N2S/c1-11-9-13(4-5-14(11)15)17-8-6-12-3-2-7-16-10-12/h4-5,9,12,16H,2-3,6-8,10,15H2,1H3. The number of rotatable bonds is 4. The molecule has 3 N–H and O–H groups in total. The molecule has 1 atom stereocenters. The van der Waals surface area contributed by atoms with Crippen LogP contribution in [0.2, 0.25) is 0 Å². The number of piperidine rings is 1. The zero-order chi connectivity index (χ0) is 12.1. The number of hydrogen-bond acceptors (Lipinski definition) is 3. The van der Waals surface area contributed by atoms with Crippen molar-refractivity contribution < 1.29 is 0 Å². The van der Waals surface area contributed by atoms with Crippen molar-refractivity contribution in [1.29, 1.82) is 0 Å². The highest BCUT2D eigenvalue weighted by Crippen LogP contribution is 2.25. The van der Waals surface area contributed by atoms with E-state index in [1.165, 1.54) is 48.6 Å². The first-order valence-electron chi connectivity index (χ1n) is 6.45. The van der Waals surface area contributed by atoms with E-state index in [9.17, 15) is 0 Å². The summed E-state index contributed by atoms with van der Waals surface area (Å²) in [4.78, 5) is 1.35. The van der Waals surface area contributed by atoms with Crippen molar-refractivity contribution in [2.45, 2.75) is 31.1 Å². The van der Waals surface area contributed by atoms with E-state index >= 15 is 0 Å². The zero-order valence-electron chi connectivity index (χ0n) is 10.5. The third-order valence-electron chi connectivity index (χ3n) is 3.44. The molecule has 0 aliphatic carbocycles. The molecule has 0 saturated carbocycles. The molecule has 2 nitrogen and oxygen atoms in total. The highest BCUT2D eigenvalue weighted by atomic mass is 32.2. The van der Waals surface area contributed by atoms with E-state index in [-0.39, 0.29) is 0 Å². The number of aryl methyl sites for hydroxylation is 1. The minimum absolute atomic E-state index is 0.881. The van der Waals surface area contributed by atoms with E-state index in [2.05, 4.69) is 24.4 Å². The molecule has 1 aliphatic heterocycles. The van der Waals surface area contributed by atoms with Crippen molar-refractivity contribution in [3.63, 3.8) is 0 Å². The topological polar surface area (TPSA) is 38.0 Å². The van der Waals surface area contributed by atoms with E-state index < -0.39 is 0 Å². The summed E-state index contributed by atoms with van der Waals surface area (Å²) in [7, 11) is 0. The highest BCUT2D eigenvalue weighted by Gasteiger charge is 2.12. The van der Waals surface area contributed by atoms with Crippen LogP contribution in [0.4, 0.5) is 5.69 Å². The van der Waals surface area contributed by atoms with Gasteiger partial charge in [0.15, 0.2) is 0 Å². The summed E-state index contributed by atoms with van der Waals surface area (Å²) in [5, 5.41) is 3.47. The third-order valence-corrected chi connectivity index (χ3v) is 4.46. The lowest BCUT2D eigenvalue weighted by Crippen LogP contribution is -2.29. The Bertz CT molecular complexity index is 359. The second-order valence-electron chi connectivity index (χ2n) is 4.87. The molecule has 1 fully saturated rings. The maximum atomic E-state index is 5.82. The summed E-state index contributed by atoms with van der Waals surface area (Å²) in [6.07, 6.45) is 4.06. The fourth-order valence-electron chi connectivity index (χ4n) is 2.25. The van der Waals surface area contributed by atoms with Crippen LogP contribution in [0.25, 0.3) is 0 Å². The third kappa shape index (κ3) is 3.93. The summed E-state index contributed by atoms with van der Waals surface area (Å²) in [6, 6.07) is 6.34. The average molecular weight is 250 g/mol. The van der Waals surface area contributed by atoms with E-state index in [4.69, 9.17) is 5.73 Å². The number of nitrogens with two attached hydrogens (primary N) is 1. The summed E-state index contributed by atoms with van der Waals surface area (Å²) < 4.78 is 0. The maximum absolute atomic E-state index is 5.82. The van der Waals surface area contributed by atoms with Gasteiger partial charge in [-0.15, -0.1) is 11.8 Å². The van der Waals surface area contributed by atoms with Gasteiger partial charge in [0.25, 0.3) is 0 Å². The van der Waals surface area contributed by atoms with Crippen LogP contribution in [0.1, 0.15) is 24.8 Å². The first-order chi connectivity index (χ1) is 8.25. The number of thioether (sulfide) groups is 1. The Labute approximate surface area is 108 Å². The van der Waals surface area contributed by atoms with Gasteiger partial charge in [0.2, 0.25) is 0 Å². The van der Waals surface area contributed by atoms with E-state index in [0.717, 1.165) is 11.6 Å². The SMILES string of the molecule is Cc1cc(SCCC2CCCNC2)ccc1N. The number of benzene rings is 1. The molecule has 1 unspecified atom stereocenters. The van der Waals surface area contributed by atoms with E-state index in [0.29, 0.717) is 0 Å². The lowest BCUT2D eigenvalue weighted by molar-refractivity contribution is 0.371. The van der Waals surface area contributed by atoms with Gasteiger partial charge in [-0.05, 0) is 74.7 Å². The highest BCUT2D eigenvalue weighted by molar-refractivity contribution is 7.99. The number of anilines is 1. The predicted molar refractivity (Wildman–Crippen MR) is 76.5 cm³/mol. The van der Waals surface area contributed by atoms with Gasteiger partial charge in [-0.1, -0.05) is 0 Å². The second kappa shape index (κ2) is 6.31. The number of hydrogen-bond donors (Lipinski definition) is 2. The average Bonchev–Trinajstić information content (AvgIpc) is 2.35. The first kappa shape index (κ1) is 12.8. The molecule has 0 spiro atoms. The molecule has 0 aromatic heterocycles. The smallest absolute Gasteiger partial charge is 0.0344 e. The van der Waals surface area contributed by atoms with Gasteiger partial charge < -0.3 is 11.1 Å². The molecule has 2 rings (SSSR count). The van der Waals surface area contributed by atoms with Crippen LogP contribution in [-0.4, -0.2) is 18.8 Å². The van der Waals surface area contributed by atoms with Crippen LogP contribution in [0.3, 0.4) is 0 Å². The molecule has 94 valence electrons. The number of nitrogens with one attached hydrogen (secondary N) is 1. The van der Waals surface area contributed by atoms with Gasteiger partial charge in [0.1, 0.15) is 0 Å². The number of nitrogen functional groups attached to an aromatic ring is 1. The van der Waals surface area contributed by atoms with Crippen molar-refractivity contribution in [2.24, 2.45) is 5.92 Å². The van der Waals surface area contributed by atoms with Crippen molar-refractivity contribution in [3.05, 3.63) is 23.8 Å². The lowest BCUT2D eigenvalue weighted by atomic mass is 9.97. The Kier molecular flexibility index (Phi) is 4.75. The molecule has 3 heteroatoms.